The first-order valence-electron chi connectivity index (χ1n) is 7.05. The highest BCUT2D eigenvalue weighted by Crippen LogP contribution is 2.24. The summed E-state index contributed by atoms with van der Waals surface area (Å²) in [6.45, 7) is 1.75. The van der Waals surface area contributed by atoms with Crippen molar-refractivity contribution in [2.75, 3.05) is 5.32 Å². The summed E-state index contributed by atoms with van der Waals surface area (Å²) in [5, 5.41) is 15.3. The van der Waals surface area contributed by atoms with Crippen LogP contribution in [0.5, 0.6) is 0 Å². The number of nitrogens with zero attached hydrogens (tertiary/aromatic N) is 2. The van der Waals surface area contributed by atoms with E-state index in [9.17, 15) is 9.18 Å². The maximum Gasteiger partial charge on any atom is 0.230 e. The summed E-state index contributed by atoms with van der Waals surface area (Å²) in [5.74, 6) is 0.107. The normalized spacial score (nSPS) is 10.4. The number of anilines is 1. The molecule has 2 heterocycles. The minimum Gasteiger partial charge on any atom is -0.441 e. The number of nitriles is 1. The molecule has 1 aromatic carbocycles. The van der Waals surface area contributed by atoms with Gasteiger partial charge in [-0.1, -0.05) is 0 Å². The van der Waals surface area contributed by atoms with Gasteiger partial charge in [0.05, 0.1) is 17.7 Å². The molecule has 0 saturated heterocycles. The van der Waals surface area contributed by atoms with Gasteiger partial charge in [-0.3, -0.25) is 4.79 Å². The molecule has 0 radical (unpaired) electrons. The molecule has 2 aromatic heterocycles. The van der Waals surface area contributed by atoms with E-state index in [4.69, 9.17) is 9.68 Å². The first-order valence-corrected chi connectivity index (χ1v) is 7.99. The first-order chi connectivity index (χ1) is 11.6. The zero-order valence-corrected chi connectivity index (χ0v) is 13.5. The Hall–Kier alpha value is -2.98. The molecule has 0 atom stereocenters. The highest BCUT2D eigenvalue weighted by molar-refractivity contribution is 7.08. The molecule has 0 aliphatic rings. The van der Waals surface area contributed by atoms with Gasteiger partial charge in [-0.15, -0.1) is 0 Å². The maximum absolute atomic E-state index is 13.3. The van der Waals surface area contributed by atoms with Gasteiger partial charge in [0.1, 0.15) is 17.6 Å². The van der Waals surface area contributed by atoms with Crippen LogP contribution in [0.2, 0.25) is 0 Å². The number of carbonyl (C=O) groups excluding carboxylic acids is 1. The van der Waals surface area contributed by atoms with E-state index in [2.05, 4.69) is 10.3 Å². The molecule has 0 saturated carbocycles. The van der Waals surface area contributed by atoms with Crippen molar-refractivity contribution in [2.24, 2.45) is 0 Å². The molecule has 0 unspecified atom stereocenters. The van der Waals surface area contributed by atoms with Crippen LogP contribution in [-0.2, 0) is 11.2 Å². The van der Waals surface area contributed by atoms with Gasteiger partial charge in [0, 0.05) is 16.6 Å². The molecule has 5 nitrogen and oxygen atoms in total. The molecule has 0 aliphatic carbocycles. The molecule has 1 amide bonds. The van der Waals surface area contributed by atoms with Gasteiger partial charge in [0.2, 0.25) is 11.8 Å². The van der Waals surface area contributed by atoms with Crippen LogP contribution in [-0.4, -0.2) is 10.9 Å². The van der Waals surface area contributed by atoms with Crippen molar-refractivity contribution in [3.8, 4) is 17.5 Å². The average molecular weight is 341 g/mol. The number of halogens is 1. The van der Waals surface area contributed by atoms with Gasteiger partial charge in [-0.05, 0) is 36.6 Å². The van der Waals surface area contributed by atoms with E-state index in [1.54, 1.807) is 13.0 Å². The van der Waals surface area contributed by atoms with Crippen molar-refractivity contribution in [1.82, 2.24) is 4.98 Å². The van der Waals surface area contributed by atoms with Crippen LogP contribution in [0.15, 0.2) is 39.4 Å². The second kappa shape index (κ2) is 6.64. The molecule has 0 aliphatic heterocycles. The molecule has 1 N–H and O–H groups in total. The van der Waals surface area contributed by atoms with Crippen LogP contribution in [0, 0.1) is 24.1 Å². The molecule has 120 valence electrons. The first kappa shape index (κ1) is 15.9. The van der Waals surface area contributed by atoms with Crippen LogP contribution in [0.1, 0.15) is 17.0 Å². The third-order valence-corrected chi connectivity index (χ3v) is 4.04. The number of thiophene rings is 1. The zero-order valence-electron chi connectivity index (χ0n) is 12.7. The number of amides is 1. The number of nitrogens with one attached hydrogen (secondary N) is 1. The highest BCUT2D eigenvalue weighted by Gasteiger charge is 2.15. The largest absolute Gasteiger partial charge is 0.441 e. The number of oxazole rings is 1. The Labute approximate surface area is 141 Å². The summed E-state index contributed by atoms with van der Waals surface area (Å²) in [6.07, 6.45) is 0.0265. The average Bonchev–Trinajstić information content (AvgIpc) is 3.20. The van der Waals surface area contributed by atoms with E-state index in [-0.39, 0.29) is 17.9 Å². The van der Waals surface area contributed by atoms with E-state index >= 15 is 0 Å². The lowest BCUT2D eigenvalue weighted by Crippen LogP contribution is -2.15. The Kier molecular flexibility index (Phi) is 4.40. The fraction of sp³-hybridized carbons (Fsp3) is 0.118. The molecule has 0 spiro atoms. The summed E-state index contributed by atoms with van der Waals surface area (Å²) in [7, 11) is 0. The minimum absolute atomic E-state index is 0.0265. The molecule has 3 aromatic rings. The van der Waals surface area contributed by atoms with Crippen LogP contribution in [0.3, 0.4) is 0 Å². The Morgan fingerprint density at radius 2 is 2.29 bits per heavy atom. The van der Waals surface area contributed by atoms with Gasteiger partial charge < -0.3 is 9.73 Å². The predicted octanol–water partition coefficient (Wildman–Crippen LogP) is 3.90. The fourth-order valence-electron chi connectivity index (χ4n) is 2.15. The minimum atomic E-state index is -0.622. The number of aryl methyl sites for hydroxylation is 1. The van der Waals surface area contributed by atoms with Gasteiger partial charge in [0.15, 0.2) is 0 Å². The van der Waals surface area contributed by atoms with E-state index in [0.29, 0.717) is 23.0 Å². The Balaban J connectivity index is 1.73. The molecule has 24 heavy (non-hydrogen) atoms. The van der Waals surface area contributed by atoms with Crippen molar-refractivity contribution in [2.45, 2.75) is 13.3 Å². The number of carbonyl (C=O) groups is 1. The summed E-state index contributed by atoms with van der Waals surface area (Å²) >= 11 is 1.53. The van der Waals surface area contributed by atoms with E-state index < -0.39 is 5.82 Å². The molecule has 3 rings (SSSR count). The predicted molar refractivity (Wildman–Crippen MR) is 88.0 cm³/mol. The standard InChI is InChI=1S/C17H12FN3O2S/c1-10-15(21-17(23-10)11-4-5-24-9-11)7-16(22)20-13-2-3-14(18)12(6-13)8-19/h2-6,9H,7H2,1H3,(H,20,22). The second-order valence-corrected chi connectivity index (χ2v) is 5.85. The lowest BCUT2D eigenvalue weighted by molar-refractivity contribution is -0.115. The van der Waals surface area contributed by atoms with Crippen molar-refractivity contribution in [1.29, 1.82) is 5.26 Å². The lowest BCUT2D eigenvalue weighted by atomic mass is 10.2. The molecular weight excluding hydrogens is 329 g/mol. The van der Waals surface area contributed by atoms with E-state index in [1.807, 2.05) is 16.8 Å². The van der Waals surface area contributed by atoms with E-state index in [1.165, 1.54) is 23.5 Å². The van der Waals surface area contributed by atoms with Crippen LogP contribution in [0.4, 0.5) is 10.1 Å². The molecular formula is C17H12FN3O2S. The van der Waals surface area contributed by atoms with Gasteiger partial charge >= 0.3 is 0 Å². The van der Waals surface area contributed by atoms with Crippen molar-refractivity contribution in [3.05, 3.63) is 57.9 Å². The summed E-state index contributed by atoms with van der Waals surface area (Å²) in [5.41, 5.74) is 1.64. The van der Waals surface area contributed by atoms with Gasteiger partial charge in [0.25, 0.3) is 0 Å². The molecule has 7 heteroatoms. The highest BCUT2D eigenvalue weighted by atomic mass is 32.1. The lowest BCUT2D eigenvalue weighted by Gasteiger charge is -2.05. The van der Waals surface area contributed by atoms with Crippen LogP contribution < -0.4 is 5.32 Å². The zero-order chi connectivity index (χ0) is 17.1. The van der Waals surface area contributed by atoms with Crippen LogP contribution in [0.25, 0.3) is 11.5 Å². The van der Waals surface area contributed by atoms with Gasteiger partial charge in [-0.2, -0.15) is 16.6 Å². The van der Waals surface area contributed by atoms with E-state index in [0.717, 1.165) is 11.6 Å². The number of hydrogen-bond acceptors (Lipinski definition) is 5. The van der Waals surface area contributed by atoms with Crippen molar-refractivity contribution < 1.29 is 13.6 Å². The molecule has 0 bridgehead atoms. The second-order valence-electron chi connectivity index (χ2n) is 5.07. The summed E-state index contributed by atoms with van der Waals surface area (Å²) in [6, 6.07) is 7.46. The Morgan fingerprint density at radius 3 is 3.00 bits per heavy atom. The van der Waals surface area contributed by atoms with Crippen LogP contribution >= 0.6 is 11.3 Å². The molecule has 0 fully saturated rings. The number of hydrogen-bond donors (Lipinski definition) is 1. The van der Waals surface area contributed by atoms with Gasteiger partial charge in [-0.25, -0.2) is 9.37 Å². The number of rotatable bonds is 4. The third-order valence-electron chi connectivity index (χ3n) is 3.36. The Morgan fingerprint density at radius 1 is 1.46 bits per heavy atom. The topological polar surface area (TPSA) is 78.9 Å². The Bertz CT molecular complexity index is 926. The number of benzene rings is 1. The van der Waals surface area contributed by atoms with Crippen molar-refractivity contribution in [3.63, 3.8) is 0 Å². The summed E-state index contributed by atoms with van der Waals surface area (Å²) < 4.78 is 18.9. The smallest absolute Gasteiger partial charge is 0.230 e. The number of aromatic nitrogens is 1. The maximum atomic E-state index is 13.3. The monoisotopic (exact) mass is 341 g/mol. The van der Waals surface area contributed by atoms with Crippen molar-refractivity contribution >= 4 is 22.9 Å². The quantitative estimate of drug-likeness (QED) is 0.780. The third kappa shape index (κ3) is 3.34. The summed E-state index contributed by atoms with van der Waals surface area (Å²) in [4.78, 5) is 16.5. The SMILES string of the molecule is Cc1oc(-c2ccsc2)nc1CC(=O)Nc1ccc(F)c(C#N)c1. The fourth-order valence-corrected chi connectivity index (χ4v) is 2.78.